The number of anilines is 2. The van der Waals surface area contributed by atoms with Gasteiger partial charge in [0.2, 0.25) is 23.4 Å². The van der Waals surface area contributed by atoms with Gasteiger partial charge in [0.05, 0.1) is 18.5 Å². The molecule has 1 aliphatic rings. The highest BCUT2D eigenvalue weighted by molar-refractivity contribution is 5.94. The normalized spacial score (nSPS) is 14.0. The molecule has 2 aromatic heterocycles. The van der Waals surface area contributed by atoms with Crippen LogP contribution in [0.15, 0.2) is 39.4 Å². The van der Waals surface area contributed by atoms with Gasteiger partial charge in [0.25, 0.3) is 5.89 Å². The minimum Gasteiger partial charge on any atom is -0.459 e. The highest BCUT2D eigenvalue weighted by atomic mass is 19.2. The zero-order chi connectivity index (χ0) is 24.2. The average molecular weight is 473 g/mol. The maximum Gasteiger partial charge on any atom is 0.266 e. The lowest BCUT2D eigenvalue weighted by atomic mass is 9.96. The van der Waals surface area contributed by atoms with Gasteiger partial charge in [-0.15, -0.1) is 0 Å². The third-order valence-electron chi connectivity index (χ3n) is 5.33. The summed E-state index contributed by atoms with van der Waals surface area (Å²) in [5.41, 5.74) is -0.420. The molecule has 0 radical (unpaired) electrons. The van der Waals surface area contributed by atoms with E-state index in [9.17, 15) is 28.0 Å². The Morgan fingerprint density at radius 1 is 1.18 bits per heavy atom. The van der Waals surface area contributed by atoms with Gasteiger partial charge in [0.15, 0.2) is 23.2 Å². The first-order valence-corrected chi connectivity index (χ1v) is 10.3. The monoisotopic (exact) mass is 473 g/mol. The average Bonchev–Trinajstić information content (AvgIpc) is 3.53. The van der Waals surface area contributed by atoms with Crippen LogP contribution in [-0.4, -0.2) is 36.4 Å². The van der Waals surface area contributed by atoms with E-state index in [1.807, 2.05) is 6.07 Å². The highest BCUT2D eigenvalue weighted by Crippen LogP contribution is 2.31. The Kier molecular flexibility index (Phi) is 6.53. The van der Waals surface area contributed by atoms with Crippen LogP contribution >= 0.6 is 0 Å². The minimum atomic E-state index is -1.70. The maximum atomic E-state index is 13.7. The molecule has 3 heterocycles. The lowest BCUT2D eigenvalue weighted by Gasteiger charge is -2.30. The van der Waals surface area contributed by atoms with E-state index in [2.05, 4.69) is 15.6 Å². The number of nitriles is 1. The first kappa shape index (κ1) is 22.9. The number of carbonyl (C=O) groups is 2. The number of amides is 2. The molecule has 1 aromatic carbocycles. The summed E-state index contributed by atoms with van der Waals surface area (Å²) in [5.74, 6) is -5.31. The smallest absolute Gasteiger partial charge is 0.266 e. The van der Waals surface area contributed by atoms with E-state index in [1.54, 1.807) is 17.0 Å². The zero-order valence-corrected chi connectivity index (χ0v) is 17.6. The maximum absolute atomic E-state index is 13.7. The molecule has 2 N–H and O–H groups in total. The number of rotatable bonds is 6. The number of nitrogens with one attached hydrogen (secondary N) is 2. The van der Waals surface area contributed by atoms with Gasteiger partial charge in [-0.25, -0.2) is 13.2 Å². The summed E-state index contributed by atoms with van der Waals surface area (Å²) in [7, 11) is 0. The van der Waals surface area contributed by atoms with Crippen molar-refractivity contribution in [1.29, 1.82) is 5.26 Å². The molecule has 9 nitrogen and oxygen atoms in total. The van der Waals surface area contributed by atoms with Gasteiger partial charge in [-0.05, 0) is 37.1 Å². The van der Waals surface area contributed by atoms with Crippen LogP contribution in [0.2, 0.25) is 0 Å². The van der Waals surface area contributed by atoms with Crippen LogP contribution in [0.3, 0.4) is 0 Å². The molecule has 1 aliphatic heterocycles. The molecule has 0 aliphatic carbocycles. The lowest BCUT2D eigenvalue weighted by molar-refractivity contribution is -0.127. The number of piperidine rings is 1. The molecule has 0 atom stereocenters. The van der Waals surface area contributed by atoms with Gasteiger partial charge < -0.3 is 24.4 Å². The van der Waals surface area contributed by atoms with Crippen LogP contribution in [0, 0.1) is 34.7 Å². The standard InChI is InChI=1S/C22H18F3N5O4/c23-13-3-4-14(19(25)18(13)24)28-17(31)11-27-20(32)12-5-7-30(8-6-12)22-15(10-26)29-21(34-22)16-2-1-9-33-16/h1-4,9,12H,5-8,11H2,(H,27,32)(H,28,31). The number of furan rings is 1. The number of aromatic nitrogens is 1. The van der Waals surface area contributed by atoms with Crippen molar-refractivity contribution in [3.05, 3.63) is 53.7 Å². The quantitative estimate of drug-likeness (QED) is 0.527. The van der Waals surface area contributed by atoms with E-state index >= 15 is 0 Å². The SMILES string of the molecule is N#Cc1nc(-c2ccco2)oc1N1CCC(C(=O)NCC(=O)Nc2ccc(F)c(F)c2F)CC1. The molecule has 176 valence electrons. The van der Waals surface area contributed by atoms with Crippen molar-refractivity contribution >= 4 is 23.4 Å². The van der Waals surface area contributed by atoms with Crippen molar-refractivity contribution in [3.8, 4) is 17.7 Å². The van der Waals surface area contributed by atoms with E-state index in [1.165, 1.54) is 6.26 Å². The van der Waals surface area contributed by atoms with Gasteiger partial charge in [-0.1, -0.05) is 0 Å². The van der Waals surface area contributed by atoms with E-state index in [-0.39, 0.29) is 17.5 Å². The lowest BCUT2D eigenvalue weighted by Crippen LogP contribution is -2.42. The van der Waals surface area contributed by atoms with Crippen molar-refractivity contribution in [1.82, 2.24) is 10.3 Å². The molecule has 2 amide bonds. The fourth-order valence-corrected chi connectivity index (χ4v) is 3.58. The van der Waals surface area contributed by atoms with Gasteiger partial charge >= 0.3 is 0 Å². The molecule has 3 aromatic rings. The fraction of sp³-hybridized carbons (Fsp3) is 0.273. The molecule has 12 heteroatoms. The predicted molar refractivity (Wildman–Crippen MR) is 112 cm³/mol. The fourth-order valence-electron chi connectivity index (χ4n) is 3.58. The van der Waals surface area contributed by atoms with Gasteiger partial charge in [0.1, 0.15) is 6.07 Å². The Bertz CT molecular complexity index is 1240. The largest absolute Gasteiger partial charge is 0.459 e. The number of nitrogens with zero attached hydrogens (tertiary/aromatic N) is 3. The topological polar surface area (TPSA) is 124 Å². The molecule has 0 unspecified atom stereocenters. The molecular formula is C22H18F3N5O4. The first-order chi connectivity index (χ1) is 16.4. The molecule has 4 rings (SSSR count). The minimum absolute atomic E-state index is 0.107. The van der Waals surface area contributed by atoms with Crippen LogP contribution in [0.25, 0.3) is 11.7 Å². The molecule has 0 spiro atoms. The molecule has 0 saturated carbocycles. The first-order valence-electron chi connectivity index (χ1n) is 10.3. The van der Waals surface area contributed by atoms with Crippen LogP contribution in [0.5, 0.6) is 0 Å². The third-order valence-corrected chi connectivity index (χ3v) is 5.33. The Labute approximate surface area is 191 Å². The predicted octanol–water partition coefficient (Wildman–Crippen LogP) is 3.19. The number of oxazole rings is 1. The summed E-state index contributed by atoms with van der Waals surface area (Å²) in [6.45, 7) is 0.350. The van der Waals surface area contributed by atoms with Crippen LogP contribution in [0.4, 0.5) is 24.7 Å². The van der Waals surface area contributed by atoms with E-state index in [0.717, 1.165) is 6.07 Å². The number of hydrogen-bond acceptors (Lipinski definition) is 7. The number of carbonyl (C=O) groups excluding carboxylic acids is 2. The molecule has 1 fully saturated rings. The Hall–Kier alpha value is -4.27. The van der Waals surface area contributed by atoms with Crippen molar-refractivity contribution in [2.75, 3.05) is 29.9 Å². The summed E-state index contributed by atoms with van der Waals surface area (Å²) < 4.78 is 50.9. The molecule has 0 bridgehead atoms. The summed E-state index contributed by atoms with van der Waals surface area (Å²) in [6.07, 6.45) is 2.31. The van der Waals surface area contributed by atoms with Gasteiger partial charge in [-0.3, -0.25) is 9.59 Å². The summed E-state index contributed by atoms with van der Waals surface area (Å²) in [4.78, 5) is 30.4. The zero-order valence-electron chi connectivity index (χ0n) is 17.6. The Morgan fingerprint density at radius 3 is 2.62 bits per heavy atom. The summed E-state index contributed by atoms with van der Waals surface area (Å²) in [5, 5.41) is 13.9. The second kappa shape index (κ2) is 9.70. The van der Waals surface area contributed by atoms with Crippen LogP contribution in [-0.2, 0) is 9.59 Å². The third kappa shape index (κ3) is 4.73. The second-order valence-electron chi connectivity index (χ2n) is 7.51. The second-order valence-corrected chi connectivity index (χ2v) is 7.51. The van der Waals surface area contributed by atoms with E-state index in [4.69, 9.17) is 8.83 Å². The van der Waals surface area contributed by atoms with E-state index in [0.29, 0.717) is 43.6 Å². The molecule has 34 heavy (non-hydrogen) atoms. The van der Waals surface area contributed by atoms with Crippen molar-refractivity contribution in [3.63, 3.8) is 0 Å². The van der Waals surface area contributed by atoms with Crippen molar-refractivity contribution in [2.45, 2.75) is 12.8 Å². The Morgan fingerprint density at radius 2 is 1.94 bits per heavy atom. The summed E-state index contributed by atoms with van der Waals surface area (Å²) in [6, 6.07) is 6.89. The highest BCUT2D eigenvalue weighted by Gasteiger charge is 2.29. The molecule has 1 saturated heterocycles. The van der Waals surface area contributed by atoms with E-state index < -0.39 is 41.5 Å². The van der Waals surface area contributed by atoms with Crippen LogP contribution < -0.4 is 15.5 Å². The van der Waals surface area contributed by atoms with Crippen LogP contribution in [0.1, 0.15) is 18.5 Å². The number of halogens is 3. The van der Waals surface area contributed by atoms with Gasteiger partial charge in [-0.2, -0.15) is 10.2 Å². The Balaban J connectivity index is 1.29. The summed E-state index contributed by atoms with van der Waals surface area (Å²) >= 11 is 0. The van der Waals surface area contributed by atoms with Crippen molar-refractivity contribution < 1.29 is 31.6 Å². The van der Waals surface area contributed by atoms with Gasteiger partial charge in [0, 0.05) is 19.0 Å². The van der Waals surface area contributed by atoms with Crippen molar-refractivity contribution in [2.24, 2.45) is 5.92 Å². The molecular weight excluding hydrogens is 455 g/mol. The number of benzene rings is 1. The number of hydrogen-bond donors (Lipinski definition) is 2.